The van der Waals surface area contributed by atoms with E-state index in [-0.39, 0.29) is 11.6 Å². The van der Waals surface area contributed by atoms with Crippen molar-refractivity contribution >= 4 is 0 Å². The van der Waals surface area contributed by atoms with Gasteiger partial charge in [0.2, 0.25) is 0 Å². The van der Waals surface area contributed by atoms with Gasteiger partial charge in [-0.3, -0.25) is 4.79 Å². The minimum Gasteiger partial charge on any atom is -0.464 e. The molecule has 0 bridgehead atoms. The van der Waals surface area contributed by atoms with Crippen molar-refractivity contribution in [3.05, 3.63) is 51.3 Å². The fourth-order valence-electron chi connectivity index (χ4n) is 4.03. The highest BCUT2D eigenvalue weighted by atomic mass is 16.5. The Balaban J connectivity index is 1.32. The second kappa shape index (κ2) is 7.96. The maximum atomic E-state index is 12.4. The lowest BCUT2D eigenvalue weighted by Crippen LogP contribution is -2.38. The smallest absolute Gasteiger partial charge is 0.267 e. The van der Waals surface area contributed by atoms with Gasteiger partial charge in [0, 0.05) is 30.6 Å². The van der Waals surface area contributed by atoms with Gasteiger partial charge in [0.15, 0.2) is 0 Å². The van der Waals surface area contributed by atoms with Crippen LogP contribution in [0.25, 0.3) is 0 Å². The molecule has 3 heterocycles. The fourth-order valence-corrected chi connectivity index (χ4v) is 4.03. The van der Waals surface area contributed by atoms with Gasteiger partial charge in [-0.25, -0.2) is 4.68 Å². The first-order valence-corrected chi connectivity index (χ1v) is 9.77. The van der Waals surface area contributed by atoms with Gasteiger partial charge in [-0.05, 0) is 44.7 Å². The Morgan fingerprint density at radius 1 is 1.33 bits per heavy atom. The van der Waals surface area contributed by atoms with E-state index in [1.54, 1.807) is 10.7 Å². The molecule has 0 saturated heterocycles. The molecule has 27 heavy (non-hydrogen) atoms. The lowest BCUT2D eigenvalue weighted by atomic mass is 9.91. The van der Waals surface area contributed by atoms with Gasteiger partial charge in [-0.1, -0.05) is 0 Å². The number of nitrogens with zero attached hydrogens (tertiary/aromatic N) is 2. The van der Waals surface area contributed by atoms with Crippen molar-refractivity contribution in [3.8, 4) is 0 Å². The van der Waals surface area contributed by atoms with Crippen LogP contribution >= 0.6 is 0 Å². The van der Waals surface area contributed by atoms with Crippen LogP contribution in [0.15, 0.2) is 27.4 Å². The van der Waals surface area contributed by atoms with Crippen LogP contribution in [0.3, 0.4) is 0 Å². The molecule has 1 unspecified atom stereocenters. The molecule has 4 rings (SSSR count). The molecule has 1 saturated carbocycles. The third-order valence-corrected chi connectivity index (χ3v) is 5.60. The fraction of sp³-hybridized carbons (Fsp3) is 0.600. The van der Waals surface area contributed by atoms with Crippen LogP contribution in [-0.2, 0) is 17.8 Å². The van der Waals surface area contributed by atoms with E-state index in [1.807, 2.05) is 19.1 Å². The molecule has 1 aliphatic carbocycles. The summed E-state index contributed by atoms with van der Waals surface area (Å²) in [5, 5.41) is 18.3. The molecule has 0 radical (unpaired) electrons. The van der Waals surface area contributed by atoms with Crippen LogP contribution in [-0.4, -0.2) is 34.1 Å². The number of furan rings is 1. The van der Waals surface area contributed by atoms with Crippen molar-refractivity contribution in [3.63, 3.8) is 0 Å². The molecule has 1 fully saturated rings. The van der Waals surface area contributed by atoms with Crippen LogP contribution in [0.4, 0.5) is 0 Å². The topological polar surface area (TPSA) is 89.5 Å². The molecular formula is C20H27N3O4. The number of ether oxygens (including phenoxy) is 1. The van der Waals surface area contributed by atoms with Gasteiger partial charge in [-0.15, -0.1) is 0 Å². The third kappa shape index (κ3) is 4.15. The number of aryl methyl sites for hydroxylation is 1. The lowest BCUT2D eigenvalue weighted by Gasteiger charge is -2.30. The molecule has 2 N–H and O–H groups in total. The molecule has 7 nitrogen and oxygen atoms in total. The molecule has 1 atom stereocenters. The van der Waals surface area contributed by atoms with Crippen LogP contribution in [0.2, 0.25) is 0 Å². The molecule has 0 spiro atoms. The van der Waals surface area contributed by atoms with Crippen LogP contribution in [0.1, 0.15) is 60.6 Å². The predicted molar refractivity (Wildman–Crippen MR) is 99.6 cm³/mol. The van der Waals surface area contributed by atoms with Crippen LogP contribution < -0.4 is 10.9 Å². The van der Waals surface area contributed by atoms with Gasteiger partial charge in [0.25, 0.3) is 5.56 Å². The first-order chi connectivity index (χ1) is 13.1. The van der Waals surface area contributed by atoms with Gasteiger partial charge >= 0.3 is 0 Å². The second-order valence-electron chi connectivity index (χ2n) is 7.58. The monoisotopic (exact) mass is 373 g/mol. The Morgan fingerprint density at radius 3 is 2.89 bits per heavy atom. The van der Waals surface area contributed by atoms with Gasteiger partial charge in [-0.2, -0.15) is 5.10 Å². The minimum atomic E-state index is -0.636. The number of aliphatic hydroxyl groups excluding tert-OH is 1. The van der Waals surface area contributed by atoms with Crippen molar-refractivity contribution in [1.29, 1.82) is 0 Å². The van der Waals surface area contributed by atoms with E-state index in [2.05, 4.69) is 10.4 Å². The summed E-state index contributed by atoms with van der Waals surface area (Å²) in [5.41, 5.74) is 1.90. The quantitative estimate of drug-likeness (QED) is 0.834. The summed E-state index contributed by atoms with van der Waals surface area (Å²) in [6.07, 6.45) is 3.89. The number of rotatable bonds is 5. The standard InChI is InChI=1S/C20H27N3O4/c1-13-2-7-19(27-13)18(24)11-21-15-3-5-16(6-4-15)23-20(25)10-14-12-26-9-8-17(14)22-23/h2,7,10,15-16,18,21,24H,3-6,8-9,11-12H2,1H3. The van der Waals surface area contributed by atoms with E-state index < -0.39 is 6.10 Å². The van der Waals surface area contributed by atoms with E-state index in [0.29, 0.717) is 31.6 Å². The SMILES string of the molecule is Cc1ccc(C(O)CNC2CCC(n3nc4c(cc3=O)COCC4)CC2)o1. The Bertz CT molecular complexity index is 836. The van der Waals surface area contributed by atoms with Crippen molar-refractivity contribution in [2.75, 3.05) is 13.2 Å². The summed E-state index contributed by atoms with van der Waals surface area (Å²) in [5.74, 6) is 1.40. The van der Waals surface area contributed by atoms with E-state index in [4.69, 9.17) is 9.15 Å². The number of hydrogen-bond donors (Lipinski definition) is 2. The van der Waals surface area contributed by atoms with E-state index in [1.165, 1.54) is 0 Å². The number of nitrogens with one attached hydrogen (secondary N) is 1. The Hall–Kier alpha value is -1.96. The largest absolute Gasteiger partial charge is 0.464 e. The zero-order valence-corrected chi connectivity index (χ0v) is 15.7. The highest BCUT2D eigenvalue weighted by Crippen LogP contribution is 2.28. The van der Waals surface area contributed by atoms with Crippen molar-refractivity contribution in [2.45, 2.75) is 63.8 Å². The van der Waals surface area contributed by atoms with E-state index >= 15 is 0 Å². The molecule has 2 aromatic rings. The molecule has 2 aliphatic rings. The minimum absolute atomic E-state index is 0.0285. The normalized spacial score (nSPS) is 23.8. The molecule has 7 heteroatoms. The Kier molecular flexibility index (Phi) is 5.43. The summed E-state index contributed by atoms with van der Waals surface area (Å²) in [4.78, 5) is 12.4. The average molecular weight is 373 g/mol. The van der Waals surface area contributed by atoms with Gasteiger partial charge < -0.3 is 19.6 Å². The van der Waals surface area contributed by atoms with Crippen molar-refractivity contribution in [1.82, 2.24) is 15.1 Å². The van der Waals surface area contributed by atoms with Gasteiger partial charge in [0.05, 0.1) is 24.9 Å². The van der Waals surface area contributed by atoms with Crippen molar-refractivity contribution in [2.24, 2.45) is 0 Å². The Morgan fingerprint density at radius 2 is 2.15 bits per heavy atom. The van der Waals surface area contributed by atoms with E-state index in [0.717, 1.165) is 49.1 Å². The zero-order valence-electron chi connectivity index (χ0n) is 15.7. The first kappa shape index (κ1) is 18.4. The summed E-state index contributed by atoms with van der Waals surface area (Å²) in [7, 11) is 0. The van der Waals surface area contributed by atoms with E-state index in [9.17, 15) is 9.90 Å². The average Bonchev–Trinajstić information content (AvgIpc) is 3.12. The summed E-state index contributed by atoms with van der Waals surface area (Å²) in [6.45, 7) is 3.51. The maximum Gasteiger partial charge on any atom is 0.267 e. The Labute approximate surface area is 158 Å². The van der Waals surface area contributed by atoms with Gasteiger partial charge in [0.1, 0.15) is 17.6 Å². The number of fused-ring (bicyclic) bond motifs is 1. The highest BCUT2D eigenvalue weighted by molar-refractivity contribution is 5.19. The number of aliphatic hydroxyl groups is 1. The number of hydrogen-bond acceptors (Lipinski definition) is 6. The molecule has 0 amide bonds. The molecule has 1 aliphatic heterocycles. The van der Waals surface area contributed by atoms with Crippen LogP contribution in [0, 0.1) is 6.92 Å². The third-order valence-electron chi connectivity index (χ3n) is 5.60. The molecule has 146 valence electrons. The second-order valence-corrected chi connectivity index (χ2v) is 7.58. The predicted octanol–water partition coefficient (Wildman–Crippen LogP) is 2.02. The molecular weight excluding hydrogens is 346 g/mol. The first-order valence-electron chi connectivity index (χ1n) is 9.77. The molecule has 0 aromatic carbocycles. The lowest BCUT2D eigenvalue weighted by molar-refractivity contribution is 0.107. The summed E-state index contributed by atoms with van der Waals surface area (Å²) < 4.78 is 12.6. The summed E-state index contributed by atoms with van der Waals surface area (Å²) >= 11 is 0. The molecule has 2 aromatic heterocycles. The van der Waals surface area contributed by atoms with Crippen LogP contribution in [0.5, 0.6) is 0 Å². The van der Waals surface area contributed by atoms with Crippen molar-refractivity contribution < 1.29 is 14.3 Å². The zero-order chi connectivity index (χ0) is 18.8. The summed E-state index contributed by atoms with van der Waals surface area (Å²) in [6, 6.07) is 5.86. The maximum absolute atomic E-state index is 12.4. The highest BCUT2D eigenvalue weighted by Gasteiger charge is 2.25. The number of aromatic nitrogens is 2.